The first-order valence-electron chi connectivity index (χ1n) is 16.7. The van der Waals surface area contributed by atoms with Gasteiger partial charge in [-0.05, 0) is 82.7 Å². The summed E-state index contributed by atoms with van der Waals surface area (Å²) in [6.45, 7) is 14.0. The second kappa shape index (κ2) is 14.7. The Labute approximate surface area is 282 Å². The molecule has 1 aliphatic carbocycles. The van der Waals surface area contributed by atoms with Crippen LogP contribution in [0, 0.1) is 13.8 Å². The van der Waals surface area contributed by atoms with Crippen LogP contribution in [0.5, 0.6) is 5.75 Å². The van der Waals surface area contributed by atoms with E-state index in [2.05, 4.69) is 31.6 Å². The van der Waals surface area contributed by atoms with Crippen molar-refractivity contribution in [1.29, 1.82) is 0 Å². The molecule has 256 valence electrons. The number of aromatic nitrogens is 3. The summed E-state index contributed by atoms with van der Waals surface area (Å²) in [5.74, 6) is 1.20. The van der Waals surface area contributed by atoms with Crippen molar-refractivity contribution in [3.63, 3.8) is 0 Å². The van der Waals surface area contributed by atoms with Crippen molar-refractivity contribution in [3.05, 3.63) is 76.0 Å². The molecule has 2 N–H and O–H groups in total. The summed E-state index contributed by atoms with van der Waals surface area (Å²) in [6.07, 6.45) is 5.74. The summed E-state index contributed by atoms with van der Waals surface area (Å²) >= 11 is 0. The molecule has 1 saturated carbocycles. The SMILES string of the molecule is CCc1ncc(C)c(NC(=O)c2cc(C(=O)NC)c(O[C@H](CN3CCN(C(=O)OC(C)(C)C)CC3)c3ccc(C4CC4)cn3)cc2C)n1. The lowest BCUT2D eigenvalue weighted by Gasteiger charge is -2.37. The quantitative estimate of drug-likeness (QED) is 0.301. The lowest BCUT2D eigenvalue weighted by atomic mass is 10.0. The fourth-order valence-corrected chi connectivity index (χ4v) is 5.57. The molecule has 12 nitrogen and oxygen atoms in total. The molecule has 1 aliphatic heterocycles. The molecule has 2 aromatic heterocycles. The number of benzene rings is 1. The Bertz CT molecular complexity index is 1640. The van der Waals surface area contributed by atoms with Gasteiger partial charge in [-0.3, -0.25) is 19.5 Å². The van der Waals surface area contributed by atoms with Gasteiger partial charge in [0, 0.05) is 69.7 Å². The molecule has 0 spiro atoms. The second-order valence-corrected chi connectivity index (χ2v) is 13.5. The first-order chi connectivity index (χ1) is 22.8. The Kier molecular flexibility index (Phi) is 10.6. The highest BCUT2D eigenvalue weighted by atomic mass is 16.6. The van der Waals surface area contributed by atoms with Crippen LogP contribution in [0.4, 0.5) is 10.6 Å². The third-order valence-corrected chi connectivity index (χ3v) is 8.52. The first kappa shape index (κ1) is 34.7. The van der Waals surface area contributed by atoms with Gasteiger partial charge in [-0.25, -0.2) is 14.8 Å². The van der Waals surface area contributed by atoms with E-state index in [4.69, 9.17) is 14.5 Å². The van der Waals surface area contributed by atoms with Crippen molar-refractivity contribution >= 4 is 23.7 Å². The van der Waals surface area contributed by atoms with E-state index in [-0.39, 0.29) is 23.5 Å². The molecule has 3 amide bonds. The van der Waals surface area contributed by atoms with E-state index < -0.39 is 11.7 Å². The van der Waals surface area contributed by atoms with Crippen LogP contribution in [0.25, 0.3) is 0 Å². The molecule has 0 bridgehead atoms. The molecule has 2 aliphatic rings. The maximum absolute atomic E-state index is 13.5. The summed E-state index contributed by atoms with van der Waals surface area (Å²) in [7, 11) is 1.54. The predicted octanol–water partition coefficient (Wildman–Crippen LogP) is 5.21. The van der Waals surface area contributed by atoms with Gasteiger partial charge in [0.05, 0.1) is 11.3 Å². The Morgan fingerprint density at radius 3 is 2.29 bits per heavy atom. The number of nitrogens with one attached hydrogen (secondary N) is 2. The van der Waals surface area contributed by atoms with Crippen LogP contribution in [-0.4, -0.2) is 88.0 Å². The largest absolute Gasteiger partial charge is 0.482 e. The van der Waals surface area contributed by atoms with Crippen LogP contribution in [-0.2, 0) is 11.2 Å². The van der Waals surface area contributed by atoms with Gasteiger partial charge in [0.1, 0.15) is 23.0 Å². The van der Waals surface area contributed by atoms with Gasteiger partial charge in [0.25, 0.3) is 11.8 Å². The lowest BCUT2D eigenvalue weighted by molar-refractivity contribution is 0.0109. The number of nitrogens with zero attached hydrogens (tertiary/aromatic N) is 5. The number of hydrogen-bond acceptors (Lipinski definition) is 9. The second-order valence-electron chi connectivity index (χ2n) is 13.5. The van der Waals surface area contributed by atoms with Crippen molar-refractivity contribution in [2.75, 3.05) is 45.1 Å². The normalized spacial score (nSPS) is 15.9. The third kappa shape index (κ3) is 8.66. The number of anilines is 1. The van der Waals surface area contributed by atoms with Gasteiger partial charge < -0.3 is 25.0 Å². The molecular formula is C36H47N7O5. The fraction of sp³-hybridized carbons (Fsp3) is 0.500. The summed E-state index contributed by atoms with van der Waals surface area (Å²) < 4.78 is 12.2. The van der Waals surface area contributed by atoms with Gasteiger partial charge >= 0.3 is 6.09 Å². The van der Waals surface area contributed by atoms with E-state index in [0.717, 1.165) is 11.3 Å². The number of aryl methyl sites for hydroxylation is 3. The Hall–Kier alpha value is -4.58. The molecule has 5 rings (SSSR count). The van der Waals surface area contributed by atoms with Gasteiger partial charge in [0.2, 0.25) is 0 Å². The molecule has 3 heterocycles. The van der Waals surface area contributed by atoms with Crippen molar-refractivity contribution < 1.29 is 23.9 Å². The summed E-state index contributed by atoms with van der Waals surface area (Å²) in [6, 6.07) is 7.40. The average molecular weight is 658 g/mol. The predicted molar refractivity (Wildman–Crippen MR) is 182 cm³/mol. The van der Waals surface area contributed by atoms with Crippen LogP contribution >= 0.6 is 0 Å². The Morgan fingerprint density at radius 1 is 0.958 bits per heavy atom. The van der Waals surface area contributed by atoms with Crippen LogP contribution in [0.15, 0.2) is 36.7 Å². The monoisotopic (exact) mass is 657 g/mol. The first-order valence-corrected chi connectivity index (χ1v) is 16.7. The number of ether oxygens (including phenoxy) is 2. The number of carbonyl (C=O) groups is 3. The van der Waals surface area contributed by atoms with Crippen LogP contribution in [0.2, 0.25) is 0 Å². The number of piperazine rings is 1. The van der Waals surface area contributed by atoms with Crippen LogP contribution in [0.1, 0.15) is 101 Å². The zero-order valence-electron chi connectivity index (χ0n) is 29.1. The van der Waals surface area contributed by atoms with E-state index >= 15 is 0 Å². The van der Waals surface area contributed by atoms with E-state index in [9.17, 15) is 14.4 Å². The molecule has 1 saturated heterocycles. The lowest BCUT2D eigenvalue weighted by Crippen LogP contribution is -2.51. The van der Waals surface area contributed by atoms with Crippen molar-refractivity contribution in [3.8, 4) is 5.75 Å². The van der Waals surface area contributed by atoms with E-state index in [1.807, 2.05) is 53.8 Å². The maximum Gasteiger partial charge on any atom is 0.410 e. The van der Waals surface area contributed by atoms with Gasteiger partial charge in [0.15, 0.2) is 6.10 Å². The van der Waals surface area contributed by atoms with Crippen molar-refractivity contribution in [2.45, 2.75) is 78.4 Å². The third-order valence-electron chi connectivity index (χ3n) is 8.52. The average Bonchev–Trinajstić information content (AvgIpc) is 3.91. The Balaban J connectivity index is 1.40. The summed E-state index contributed by atoms with van der Waals surface area (Å²) in [5, 5.41) is 5.58. The van der Waals surface area contributed by atoms with E-state index in [1.54, 1.807) is 30.3 Å². The van der Waals surface area contributed by atoms with Gasteiger partial charge in [-0.1, -0.05) is 13.0 Å². The zero-order valence-corrected chi connectivity index (χ0v) is 29.1. The molecule has 2 fully saturated rings. The van der Waals surface area contributed by atoms with Crippen molar-refractivity contribution in [1.82, 2.24) is 30.1 Å². The number of rotatable bonds is 10. The van der Waals surface area contributed by atoms with Crippen molar-refractivity contribution in [2.24, 2.45) is 0 Å². The van der Waals surface area contributed by atoms with Crippen LogP contribution < -0.4 is 15.4 Å². The van der Waals surface area contributed by atoms with Gasteiger partial charge in [-0.2, -0.15) is 0 Å². The number of amides is 3. The minimum Gasteiger partial charge on any atom is -0.482 e. The molecule has 1 aromatic carbocycles. The number of carbonyl (C=O) groups excluding carboxylic acids is 3. The molecular weight excluding hydrogens is 610 g/mol. The Morgan fingerprint density at radius 2 is 1.69 bits per heavy atom. The fourth-order valence-electron chi connectivity index (χ4n) is 5.57. The minimum absolute atomic E-state index is 0.233. The highest BCUT2D eigenvalue weighted by Crippen LogP contribution is 2.40. The maximum atomic E-state index is 13.5. The molecule has 0 unspecified atom stereocenters. The summed E-state index contributed by atoms with van der Waals surface area (Å²) in [5.41, 5.74) is 3.33. The summed E-state index contributed by atoms with van der Waals surface area (Å²) in [4.78, 5) is 56.9. The van der Waals surface area contributed by atoms with Crippen LogP contribution in [0.3, 0.4) is 0 Å². The standard InChI is InChI=1S/C36H47N7O5/c1-8-31-39-19-23(3)32(40-31)41-34(45)26-18-27(33(44)37-7)29(17-22(26)2)47-30(28-12-11-25(20-38-28)24-9-10-24)21-42-13-15-43(16-14-42)35(46)48-36(4,5)6/h11-12,17-20,24,30H,8-10,13-16,21H2,1-7H3,(H,37,44)(H,39,40,41,45)/t30-/m1/s1. The highest BCUT2D eigenvalue weighted by Gasteiger charge is 2.30. The molecule has 0 radical (unpaired) electrons. The minimum atomic E-state index is -0.560. The molecule has 48 heavy (non-hydrogen) atoms. The molecule has 1 atom stereocenters. The number of pyridine rings is 1. The topological polar surface area (TPSA) is 139 Å². The van der Waals surface area contributed by atoms with Gasteiger partial charge in [-0.15, -0.1) is 0 Å². The highest BCUT2D eigenvalue weighted by molar-refractivity contribution is 6.07. The molecule has 12 heteroatoms. The molecule has 3 aromatic rings. The smallest absolute Gasteiger partial charge is 0.410 e. The van der Waals surface area contributed by atoms with E-state index in [0.29, 0.717) is 73.6 Å². The zero-order chi connectivity index (χ0) is 34.6. The van der Waals surface area contributed by atoms with E-state index in [1.165, 1.54) is 18.4 Å². The number of hydrogen-bond donors (Lipinski definition) is 2.